The number of aromatic amines is 1. The topological polar surface area (TPSA) is 98.1 Å². The molecule has 0 aliphatic carbocycles. The number of hydrogen-bond donors (Lipinski definition) is 1. The monoisotopic (exact) mass is 325 g/mol. The van der Waals surface area contributed by atoms with Gasteiger partial charge in [-0.05, 0) is 35.0 Å². The Kier molecular flexibility index (Phi) is 3.61. The SMILES string of the molecule is Cc1cc(Oc2nc[nH]c(=O)c2Br)ccc1[N+](=O)[O-]. The van der Waals surface area contributed by atoms with Crippen molar-refractivity contribution in [2.75, 3.05) is 0 Å². The van der Waals surface area contributed by atoms with Crippen molar-refractivity contribution in [2.24, 2.45) is 0 Å². The van der Waals surface area contributed by atoms with E-state index in [2.05, 4.69) is 25.9 Å². The number of nitro benzene ring substituents is 1. The fourth-order valence-electron chi connectivity index (χ4n) is 1.45. The molecule has 0 saturated carbocycles. The maximum atomic E-state index is 11.3. The molecule has 2 rings (SSSR count). The zero-order valence-electron chi connectivity index (χ0n) is 9.71. The van der Waals surface area contributed by atoms with Crippen molar-refractivity contribution in [3.63, 3.8) is 0 Å². The number of rotatable bonds is 3. The summed E-state index contributed by atoms with van der Waals surface area (Å²) in [6.07, 6.45) is 1.21. The minimum atomic E-state index is -0.472. The molecule has 19 heavy (non-hydrogen) atoms. The molecule has 0 atom stereocenters. The summed E-state index contributed by atoms with van der Waals surface area (Å²) in [6.45, 7) is 1.60. The molecule has 0 bridgehead atoms. The number of ether oxygens (including phenoxy) is 1. The Hall–Kier alpha value is -2.22. The zero-order valence-corrected chi connectivity index (χ0v) is 11.3. The van der Waals surface area contributed by atoms with Crippen LogP contribution in [0.1, 0.15) is 5.56 Å². The Morgan fingerprint density at radius 1 is 1.47 bits per heavy atom. The Labute approximate surface area is 115 Å². The van der Waals surface area contributed by atoms with Crippen molar-refractivity contribution in [1.82, 2.24) is 9.97 Å². The van der Waals surface area contributed by atoms with Crippen LogP contribution in [0.15, 0.2) is 33.8 Å². The predicted octanol–water partition coefficient (Wildman–Crippen LogP) is 2.54. The van der Waals surface area contributed by atoms with Crippen molar-refractivity contribution in [2.45, 2.75) is 6.92 Å². The molecule has 8 heteroatoms. The number of hydrogen-bond acceptors (Lipinski definition) is 5. The van der Waals surface area contributed by atoms with Crippen molar-refractivity contribution < 1.29 is 9.66 Å². The molecule has 0 aliphatic rings. The van der Waals surface area contributed by atoms with Gasteiger partial charge in [0.2, 0.25) is 5.88 Å². The molecule has 1 aromatic carbocycles. The second kappa shape index (κ2) is 5.19. The maximum Gasteiger partial charge on any atom is 0.272 e. The van der Waals surface area contributed by atoms with Gasteiger partial charge in [0.25, 0.3) is 11.2 Å². The van der Waals surface area contributed by atoms with Crippen LogP contribution in [-0.4, -0.2) is 14.9 Å². The van der Waals surface area contributed by atoms with Crippen LogP contribution in [-0.2, 0) is 0 Å². The normalized spacial score (nSPS) is 10.2. The van der Waals surface area contributed by atoms with Crippen molar-refractivity contribution in [1.29, 1.82) is 0 Å². The van der Waals surface area contributed by atoms with Crippen LogP contribution >= 0.6 is 15.9 Å². The molecule has 1 N–H and O–H groups in total. The first-order valence-electron chi connectivity index (χ1n) is 5.15. The lowest BCUT2D eigenvalue weighted by Crippen LogP contribution is -2.08. The van der Waals surface area contributed by atoms with Crippen molar-refractivity contribution in [3.05, 3.63) is 55.0 Å². The molecule has 1 aromatic heterocycles. The molecule has 0 fully saturated rings. The Morgan fingerprint density at radius 2 is 2.21 bits per heavy atom. The molecule has 98 valence electrons. The van der Waals surface area contributed by atoms with Crippen LogP contribution in [0, 0.1) is 17.0 Å². The van der Waals surface area contributed by atoms with Gasteiger partial charge in [0.05, 0.1) is 11.3 Å². The highest BCUT2D eigenvalue weighted by Crippen LogP contribution is 2.28. The van der Waals surface area contributed by atoms with Crippen LogP contribution < -0.4 is 10.3 Å². The molecule has 7 nitrogen and oxygen atoms in total. The summed E-state index contributed by atoms with van der Waals surface area (Å²) in [5, 5.41) is 10.7. The standard InChI is InChI=1S/C11H8BrN3O4/c1-6-4-7(2-3-8(6)15(17)18)19-11-9(12)10(16)13-5-14-11/h2-5H,1H3,(H,13,14,16). The van der Waals surface area contributed by atoms with Gasteiger partial charge in [0.1, 0.15) is 10.2 Å². The third-order valence-corrected chi connectivity index (χ3v) is 3.04. The summed E-state index contributed by atoms with van der Waals surface area (Å²) in [7, 11) is 0. The minimum absolute atomic E-state index is 0.00489. The van der Waals surface area contributed by atoms with E-state index in [1.807, 2.05) is 0 Å². The second-order valence-electron chi connectivity index (χ2n) is 3.66. The third kappa shape index (κ3) is 2.79. The molecule has 2 aromatic rings. The van der Waals surface area contributed by atoms with Gasteiger partial charge < -0.3 is 9.72 Å². The number of aryl methyl sites for hydroxylation is 1. The Bertz CT molecular complexity index is 699. The van der Waals surface area contributed by atoms with E-state index in [1.165, 1.54) is 24.5 Å². The number of nitro groups is 1. The summed E-state index contributed by atoms with van der Waals surface area (Å²) >= 11 is 3.05. The highest BCUT2D eigenvalue weighted by molar-refractivity contribution is 9.10. The highest BCUT2D eigenvalue weighted by Gasteiger charge is 2.13. The average molecular weight is 326 g/mol. The van der Waals surface area contributed by atoms with Crippen molar-refractivity contribution >= 4 is 21.6 Å². The fourth-order valence-corrected chi connectivity index (χ4v) is 1.74. The number of nitrogens with zero attached hydrogens (tertiary/aromatic N) is 2. The number of aromatic nitrogens is 2. The summed E-state index contributed by atoms with van der Waals surface area (Å²) in [4.78, 5) is 27.8. The van der Waals surface area contributed by atoms with Crippen LogP contribution in [0.5, 0.6) is 11.6 Å². The van der Waals surface area contributed by atoms with Gasteiger partial charge in [-0.3, -0.25) is 14.9 Å². The number of nitrogens with one attached hydrogen (secondary N) is 1. The van der Waals surface area contributed by atoms with Crippen LogP contribution in [0.4, 0.5) is 5.69 Å². The summed E-state index contributed by atoms with van der Waals surface area (Å²) < 4.78 is 5.56. The first kappa shape index (κ1) is 13.2. The lowest BCUT2D eigenvalue weighted by molar-refractivity contribution is -0.385. The zero-order chi connectivity index (χ0) is 14.0. The predicted molar refractivity (Wildman–Crippen MR) is 70.5 cm³/mol. The van der Waals surface area contributed by atoms with Gasteiger partial charge in [-0.2, -0.15) is 0 Å². The van der Waals surface area contributed by atoms with Gasteiger partial charge in [-0.25, -0.2) is 4.98 Å². The van der Waals surface area contributed by atoms with Gasteiger partial charge in [0, 0.05) is 11.6 Å². The van der Waals surface area contributed by atoms with E-state index in [1.54, 1.807) is 6.92 Å². The lowest BCUT2D eigenvalue weighted by Gasteiger charge is -2.06. The van der Waals surface area contributed by atoms with E-state index in [4.69, 9.17) is 4.74 Å². The van der Waals surface area contributed by atoms with E-state index in [9.17, 15) is 14.9 Å². The van der Waals surface area contributed by atoms with Crippen molar-refractivity contribution in [3.8, 4) is 11.6 Å². The summed E-state index contributed by atoms with van der Waals surface area (Å²) in [5.41, 5.74) is 0.0948. The van der Waals surface area contributed by atoms with E-state index in [0.29, 0.717) is 11.3 Å². The summed E-state index contributed by atoms with van der Waals surface area (Å²) in [5.74, 6) is 0.457. The third-order valence-electron chi connectivity index (χ3n) is 2.34. The Balaban J connectivity index is 2.34. The van der Waals surface area contributed by atoms with Gasteiger partial charge >= 0.3 is 0 Å². The molecule has 0 saturated heterocycles. The first-order valence-corrected chi connectivity index (χ1v) is 5.94. The molecule has 1 heterocycles. The maximum absolute atomic E-state index is 11.3. The van der Waals surface area contributed by atoms with Gasteiger partial charge in [0.15, 0.2) is 0 Å². The second-order valence-corrected chi connectivity index (χ2v) is 4.45. The summed E-state index contributed by atoms with van der Waals surface area (Å²) in [6, 6.07) is 4.29. The Morgan fingerprint density at radius 3 is 2.84 bits per heavy atom. The minimum Gasteiger partial charge on any atom is -0.438 e. The fraction of sp³-hybridized carbons (Fsp3) is 0.0909. The number of benzene rings is 1. The molecule has 0 unspecified atom stereocenters. The van der Waals surface area contributed by atoms with Gasteiger partial charge in [-0.1, -0.05) is 0 Å². The molecular formula is C11H8BrN3O4. The molecular weight excluding hydrogens is 318 g/mol. The quantitative estimate of drug-likeness (QED) is 0.690. The molecule has 0 amide bonds. The average Bonchev–Trinajstić information content (AvgIpc) is 2.34. The van der Waals surface area contributed by atoms with E-state index in [-0.39, 0.29) is 21.6 Å². The number of H-pyrrole nitrogens is 1. The van der Waals surface area contributed by atoms with E-state index >= 15 is 0 Å². The van der Waals surface area contributed by atoms with Gasteiger partial charge in [-0.15, -0.1) is 0 Å². The molecule has 0 aliphatic heterocycles. The van der Waals surface area contributed by atoms with E-state index < -0.39 is 4.92 Å². The molecule has 0 spiro atoms. The van der Waals surface area contributed by atoms with E-state index in [0.717, 1.165) is 0 Å². The van der Waals surface area contributed by atoms with Crippen LogP contribution in [0.2, 0.25) is 0 Å². The molecule has 0 radical (unpaired) electrons. The highest BCUT2D eigenvalue weighted by atomic mass is 79.9. The van der Waals surface area contributed by atoms with Crippen LogP contribution in [0.25, 0.3) is 0 Å². The largest absolute Gasteiger partial charge is 0.438 e. The van der Waals surface area contributed by atoms with Crippen LogP contribution in [0.3, 0.4) is 0 Å². The number of halogens is 1. The smallest absolute Gasteiger partial charge is 0.272 e. The lowest BCUT2D eigenvalue weighted by atomic mass is 10.2. The first-order chi connectivity index (χ1) is 8.99.